The summed E-state index contributed by atoms with van der Waals surface area (Å²) in [4.78, 5) is 28.4. The Kier molecular flexibility index (Phi) is 5.10. The molecule has 0 aromatic carbocycles. The van der Waals surface area contributed by atoms with Gasteiger partial charge in [-0.2, -0.15) is 0 Å². The summed E-state index contributed by atoms with van der Waals surface area (Å²) in [6, 6.07) is 3.78. The molecule has 104 valence electrons. The van der Waals surface area contributed by atoms with Gasteiger partial charge in [0.15, 0.2) is 5.78 Å². The highest BCUT2D eigenvalue weighted by molar-refractivity contribution is 7.12. The quantitative estimate of drug-likeness (QED) is 0.773. The molecule has 2 rings (SSSR count). The standard InChI is InChI=1S/C14H20N2O2S/c1-15-7-4-9-16(11-14(15)18)8-2-5-12(17)13-6-3-10-19-13/h3,6,10H,2,4-5,7-9,11H2,1H3. The second-order valence-electron chi connectivity index (χ2n) is 4.95. The fraction of sp³-hybridized carbons (Fsp3) is 0.571. The van der Waals surface area contributed by atoms with Gasteiger partial charge in [0.2, 0.25) is 5.91 Å². The van der Waals surface area contributed by atoms with Gasteiger partial charge in [-0.05, 0) is 30.8 Å². The van der Waals surface area contributed by atoms with E-state index in [9.17, 15) is 9.59 Å². The summed E-state index contributed by atoms with van der Waals surface area (Å²) in [6.07, 6.45) is 2.41. The molecular weight excluding hydrogens is 260 g/mol. The van der Waals surface area contributed by atoms with Crippen molar-refractivity contribution in [3.05, 3.63) is 22.4 Å². The lowest BCUT2D eigenvalue weighted by Crippen LogP contribution is -2.34. The summed E-state index contributed by atoms with van der Waals surface area (Å²) in [6.45, 7) is 3.10. The number of Topliss-reactive ketones (excluding diaryl/α,β-unsaturated/α-hetero) is 1. The van der Waals surface area contributed by atoms with Gasteiger partial charge in [-0.15, -0.1) is 11.3 Å². The minimum absolute atomic E-state index is 0.182. The van der Waals surface area contributed by atoms with Crippen molar-refractivity contribution in [1.29, 1.82) is 0 Å². The fourth-order valence-electron chi connectivity index (χ4n) is 2.26. The van der Waals surface area contributed by atoms with Crippen LogP contribution >= 0.6 is 11.3 Å². The van der Waals surface area contributed by atoms with Crippen molar-refractivity contribution in [2.75, 3.05) is 33.2 Å². The van der Waals surface area contributed by atoms with Crippen molar-refractivity contribution in [1.82, 2.24) is 9.80 Å². The van der Waals surface area contributed by atoms with E-state index in [4.69, 9.17) is 0 Å². The van der Waals surface area contributed by atoms with Crippen molar-refractivity contribution in [2.24, 2.45) is 0 Å². The van der Waals surface area contributed by atoms with Crippen LogP contribution in [-0.2, 0) is 4.79 Å². The molecule has 1 saturated heterocycles. The van der Waals surface area contributed by atoms with E-state index in [0.29, 0.717) is 13.0 Å². The second kappa shape index (κ2) is 6.82. The lowest BCUT2D eigenvalue weighted by molar-refractivity contribution is -0.129. The van der Waals surface area contributed by atoms with E-state index in [1.54, 1.807) is 4.90 Å². The Morgan fingerprint density at radius 1 is 1.42 bits per heavy atom. The SMILES string of the molecule is CN1CCCN(CCCC(=O)c2cccs2)CC1=O. The van der Waals surface area contributed by atoms with Crippen LogP contribution in [0.3, 0.4) is 0 Å². The molecular formula is C14H20N2O2S. The number of amides is 1. The monoisotopic (exact) mass is 280 g/mol. The van der Waals surface area contributed by atoms with Gasteiger partial charge in [-0.3, -0.25) is 14.5 Å². The molecule has 0 saturated carbocycles. The second-order valence-corrected chi connectivity index (χ2v) is 5.90. The minimum atomic E-state index is 0.182. The molecule has 1 aromatic heterocycles. The molecule has 5 heteroatoms. The van der Waals surface area contributed by atoms with Crippen LogP contribution in [0.4, 0.5) is 0 Å². The third-order valence-electron chi connectivity index (χ3n) is 3.43. The van der Waals surface area contributed by atoms with Crippen molar-refractivity contribution in [3.8, 4) is 0 Å². The molecule has 0 unspecified atom stereocenters. The van der Waals surface area contributed by atoms with Crippen LogP contribution in [0.2, 0.25) is 0 Å². The van der Waals surface area contributed by atoms with E-state index in [0.717, 1.165) is 37.4 Å². The topological polar surface area (TPSA) is 40.6 Å². The van der Waals surface area contributed by atoms with Gasteiger partial charge in [0.1, 0.15) is 0 Å². The normalized spacial score (nSPS) is 17.5. The molecule has 0 radical (unpaired) electrons. The maximum atomic E-state index is 11.8. The molecule has 0 aliphatic carbocycles. The molecule has 1 aliphatic heterocycles. The number of hydrogen-bond acceptors (Lipinski definition) is 4. The molecule has 0 bridgehead atoms. The number of likely N-dealkylation sites (N-methyl/N-ethyl adjacent to an activating group) is 1. The Hall–Kier alpha value is -1.20. The van der Waals surface area contributed by atoms with E-state index >= 15 is 0 Å². The number of carbonyl (C=O) groups is 2. The first kappa shape index (κ1) is 14.2. The Labute approximate surface area is 118 Å². The minimum Gasteiger partial charge on any atom is -0.345 e. The van der Waals surface area contributed by atoms with Crippen LogP contribution in [0.15, 0.2) is 17.5 Å². The molecule has 2 heterocycles. The summed E-state index contributed by atoms with van der Waals surface area (Å²) in [5, 5.41) is 1.93. The summed E-state index contributed by atoms with van der Waals surface area (Å²) >= 11 is 1.50. The molecule has 4 nitrogen and oxygen atoms in total. The Morgan fingerprint density at radius 2 is 2.26 bits per heavy atom. The van der Waals surface area contributed by atoms with Gasteiger partial charge in [0.25, 0.3) is 0 Å². The Morgan fingerprint density at radius 3 is 3.00 bits per heavy atom. The highest BCUT2D eigenvalue weighted by atomic mass is 32.1. The van der Waals surface area contributed by atoms with Gasteiger partial charge < -0.3 is 4.90 Å². The Balaban J connectivity index is 1.73. The van der Waals surface area contributed by atoms with Gasteiger partial charge in [0.05, 0.1) is 11.4 Å². The zero-order valence-corrected chi connectivity index (χ0v) is 12.1. The summed E-state index contributed by atoms with van der Waals surface area (Å²) in [5.41, 5.74) is 0. The van der Waals surface area contributed by atoms with E-state index in [2.05, 4.69) is 4.90 Å². The van der Waals surface area contributed by atoms with Crippen LogP contribution in [-0.4, -0.2) is 54.7 Å². The van der Waals surface area contributed by atoms with Gasteiger partial charge in [-0.1, -0.05) is 6.07 Å². The highest BCUT2D eigenvalue weighted by Crippen LogP contribution is 2.13. The van der Waals surface area contributed by atoms with Gasteiger partial charge in [-0.25, -0.2) is 0 Å². The maximum absolute atomic E-state index is 11.8. The first-order valence-corrected chi connectivity index (χ1v) is 7.58. The molecule has 0 N–H and O–H groups in total. The number of carbonyl (C=O) groups excluding carboxylic acids is 2. The Bertz CT molecular complexity index is 431. The average molecular weight is 280 g/mol. The third-order valence-corrected chi connectivity index (χ3v) is 4.34. The first-order chi connectivity index (χ1) is 9.16. The predicted molar refractivity (Wildman–Crippen MR) is 76.6 cm³/mol. The summed E-state index contributed by atoms with van der Waals surface area (Å²) < 4.78 is 0. The smallest absolute Gasteiger partial charge is 0.236 e. The number of thiophene rings is 1. The van der Waals surface area contributed by atoms with E-state index in [1.165, 1.54) is 11.3 Å². The summed E-state index contributed by atoms with van der Waals surface area (Å²) in [5.74, 6) is 0.398. The van der Waals surface area contributed by atoms with Gasteiger partial charge in [0, 0.05) is 26.6 Å². The van der Waals surface area contributed by atoms with Crippen molar-refractivity contribution in [2.45, 2.75) is 19.3 Å². The van der Waals surface area contributed by atoms with Crippen molar-refractivity contribution in [3.63, 3.8) is 0 Å². The molecule has 1 aromatic rings. The molecule has 0 spiro atoms. The third kappa shape index (κ3) is 4.14. The fourth-order valence-corrected chi connectivity index (χ4v) is 2.96. The molecule has 19 heavy (non-hydrogen) atoms. The molecule has 1 amide bonds. The number of rotatable bonds is 5. The van der Waals surface area contributed by atoms with Crippen LogP contribution in [0.1, 0.15) is 28.9 Å². The van der Waals surface area contributed by atoms with Crippen LogP contribution in [0, 0.1) is 0 Å². The van der Waals surface area contributed by atoms with Crippen molar-refractivity contribution < 1.29 is 9.59 Å². The van der Waals surface area contributed by atoms with Crippen LogP contribution in [0.25, 0.3) is 0 Å². The number of nitrogens with zero attached hydrogens (tertiary/aromatic N) is 2. The maximum Gasteiger partial charge on any atom is 0.236 e. The predicted octanol–water partition coefficient (Wildman–Crippen LogP) is 1.88. The van der Waals surface area contributed by atoms with E-state index in [-0.39, 0.29) is 11.7 Å². The average Bonchev–Trinajstić information content (AvgIpc) is 2.86. The molecule has 0 atom stereocenters. The van der Waals surface area contributed by atoms with Gasteiger partial charge >= 0.3 is 0 Å². The lowest BCUT2D eigenvalue weighted by atomic mass is 10.2. The first-order valence-electron chi connectivity index (χ1n) is 6.70. The zero-order chi connectivity index (χ0) is 13.7. The van der Waals surface area contributed by atoms with E-state index < -0.39 is 0 Å². The summed E-state index contributed by atoms with van der Waals surface area (Å²) in [7, 11) is 1.85. The van der Waals surface area contributed by atoms with Crippen molar-refractivity contribution >= 4 is 23.0 Å². The lowest BCUT2D eigenvalue weighted by Gasteiger charge is -2.18. The number of hydrogen-bond donors (Lipinski definition) is 0. The van der Waals surface area contributed by atoms with Crippen LogP contribution < -0.4 is 0 Å². The molecule has 1 aliphatic rings. The zero-order valence-electron chi connectivity index (χ0n) is 11.3. The van der Waals surface area contributed by atoms with E-state index in [1.807, 2.05) is 24.6 Å². The van der Waals surface area contributed by atoms with Crippen LogP contribution in [0.5, 0.6) is 0 Å². The highest BCUT2D eigenvalue weighted by Gasteiger charge is 2.18. The number of ketones is 1. The largest absolute Gasteiger partial charge is 0.345 e. The molecule has 1 fully saturated rings.